The van der Waals surface area contributed by atoms with Gasteiger partial charge in [-0.15, -0.1) is 0 Å². The highest BCUT2D eigenvalue weighted by Crippen LogP contribution is 2.27. The van der Waals surface area contributed by atoms with Gasteiger partial charge >= 0.3 is 0 Å². The SMILES string of the molecule is O=C(CN1CCNCC1)Nc1ccc([N+](=O)[O-])c(Br)c1. The van der Waals surface area contributed by atoms with Gasteiger partial charge in [-0.3, -0.25) is 19.8 Å². The zero-order valence-corrected chi connectivity index (χ0v) is 12.4. The molecule has 2 rings (SSSR count). The molecule has 1 aromatic carbocycles. The predicted octanol–water partition coefficient (Wildman–Crippen LogP) is 1.20. The molecule has 1 aromatic rings. The van der Waals surface area contributed by atoms with Crippen LogP contribution in [0.25, 0.3) is 0 Å². The molecule has 108 valence electrons. The van der Waals surface area contributed by atoms with E-state index in [4.69, 9.17) is 0 Å². The van der Waals surface area contributed by atoms with Crippen molar-refractivity contribution in [3.63, 3.8) is 0 Å². The number of rotatable bonds is 4. The molecule has 1 fully saturated rings. The predicted molar refractivity (Wildman–Crippen MR) is 78.7 cm³/mol. The molecule has 1 amide bonds. The molecule has 0 aliphatic carbocycles. The fraction of sp³-hybridized carbons (Fsp3) is 0.417. The van der Waals surface area contributed by atoms with Gasteiger partial charge in [-0.2, -0.15) is 0 Å². The van der Waals surface area contributed by atoms with Crippen molar-refractivity contribution in [2.45, 2.75) is 0 Å². The van der Waals surface area contributed by atoms with Gasteiger partial charge in [0.15, 0.2) is 0 Å². The van der Waals surface area contributed by atoms with Crippen molar-refractivity contribution in [1.29, 1.82) is 0 Å². The van der Waals surface area contributed by atoms with Crippen molar-refractivity contribution in [1.82, 2.24) is 10.2 Å². The average Bonchev–Trinajstić information content (AvgIpc) is 2.39. The van der Waals surface area contributed by atoms with Crippen LogP contribution in [0.4, 0.5) is 11.4 Å². The molecule has 1 aliphatic rings. The van der Waals surface area contributed by atoms with Crippen molar-refractivity contribution < 1.29 is 9.72 Å². The van der Waals surface area contributed by atoms with Crippen molar-refractivity contribution >= 4 is 33.2 Å². The molecule has 7 nitrogen and oxygen atoms in total. The maximum absolute atomic E-state index is 11.9. The minimum atomic E-state index is -0.476. The van der Waals surface area contributed by atoms with Crippen molar-refractivity contribution in [3.05, 3.63) is 32.8 Å². The van der Waals surface area contributed by atoms with Crippen LogP contribution in [0.2, 0.25) is 0 Å². The maximum Gasteiger partial charge on any atom is 0.283 e. The topological polar surface area (TPSA) is 87.5 Å². The molecular formula is C12H15BrN4O3. The molecule has 0 atom stereocenters. The number of carbonyl (C=O) groups excluding carboxylic acids is 1. The molecule has 0 saturated carbocycles. The number of nitro benzene ring substituents is 1. The Bertz CT molecular complexity index is 517. The summed E-state index contributed by atoms with van der Waals surface area (Å²) in [6.45, 7) is 3.79. The van der Waals surface area contributed by atoms with E-state index in [1.54, 1.807) is 0 Å². The highest BCUT2D eigenvalue weighted by molar-refractivity contribution is 9.10. The second-order valence-electron chi connectivity index (χ2n) is 4.50. The van der Waals surface area contributed by atoms with Crippen LogP contribution in [-0.2, 0) is 4.79 Å². The molecule has 0 aromatic heterocycles. The first-order chi connectivity index (χ1) is 9.56. The van der Waals surface area contributed by atoms with Gasteiger partial charge in [0.25, 0.3) is 5.69 Å². The summed E-state index contributed by atoms with van der Waals surface area (Å²) in [7, 11) is 0. The molecule has 1 saturated heterocycles. The van der Waals surface area contributed by atoms with Crippen LogP contribution in [0, 0.1) is 10.1 Å². The Labute approximate surface area is 124 Å². The molecule has 2 N–H and O–H groups in total. The number of hydrogen-bond donors (Lipinski definition) is 2. The number of amides is 1. The lowest BCUT2D eigenvalue weighted by atomic mass is 10.3. The standard InChI is InChI=1S/C12H15BrN4O3/c13-10-7-9(1-2-11(10)17(19)20)15-12(18)8-16-5-3-14-4-6-16/h1-2,7,14H,3-6,8H2,(H,15,18). The molecule has 1 aliphatic heterocycles. The Balaban J connectivity index is 1.93. The van der Waals surface area contributed by atoms with Crippen LogP contribution < -0.4 is 10.6 Å². The molecule has 0 unspecified atom stereocenters. The van der Waals surface area contributed by atoms with Crippen molar-refractivity contribution in [3.8, 4) is 0 Å². The van der Waals surface area contributed by atoms with Crippen LogP contribution in [0.3, 0.4) is 0 Å². The molecule has 20 heavy (non-hydrogen) atoms. The van der Waals surface area contributed by atoms with E-state index in [1.807, 2.05) is 0 Å². The minimum absolute atomic E-state index is 0.0231. The van der Waals surface area contributed by atoms with Crippen LogP contribution in [0.15, 0.2) is 22.7 Å². The minimum Gasteiger partial charge on any atom is -0.325 e. The number of benzene rings is 1. The normalized spacial score (nSPS) is 15.8. The molecular weight excluding hydrogens is 328 g/mol. The third-order valence-corrected chi connectivity index (χ3v) is 3.64. The fourth-order valence-electron chi connectivity index (χ4n) is 2.01. The highest BCUT2D eigenvalue weighted by Gasteiger charge is 2.15. The maximum atomic E-state index is 11.9. The van der Waals surface area contributed by atoms with Crippen LogP contribution in [0.1, 0.15) is 0 Å². The van der Waals surface area contributed by atoms with Gasteiger partial charge in [0.2, 0.25) is 5.91 Å². The Kier molecular flexibility index (Phi) is 5.05. The number of nitrogens with zero attached hydrogens (tertiary/aromatic N) is 2. The number of carbonyl (C=O) groups is 1. The molecule has 8 heteroatoms. The number of nitrogens with one attached hydrogen (secondary N) is 2. The number of nitro groups is 1. The quantitative estimate of drug-likeness (QED) is 0.634. The summed E-state index contributed by atoms with van der Waals surface area (Å²) in [5.41, 5.74) is 0.521. The smallest absolute Gasteiger partial charge is 0.283 e. The summed E-state index contributed by atoms with van der Waals surface area (Å²) < 4.78 is 0.350. The van der Waals surface area contributed by atoms with E-state index in [-0.39, 0.29) is 11.6 Å². The van der Waals surface area contributed by atoms with E-state index in [1.165, 1.54) is 18.2 Å². The van der Waals surface area contributed by atoms with Gasteiger partial charge in [0.1, 0.15) is 0 Å². The molecule has 0 radical (unpaired) electrons. The Hall–Kier alpha value is -1.51. The van der Waals surface area contributed by atoms with E-state index < -0.39 is 4.92 Å². The summed E-state index contributed by atoms with van der Waals surface area (Å²) in [4.78, 5) is 24.2. The third-order valence-electron chi connectivity index (χ3n) is 3.00. The van der Waals surface area contributed by atoms with Gasteiger partial charge in [-0.05, 0) is 28.1 Å². The lowest BCUT2D eigenvalue weighted by molar-refractivity contribution is -0.385. The molecule has 0 spiro atoms. The monoisotopic (exact) mass is 342 g/mol. The van der Waals surface area contributed by atoms with E-state index in [0.717, 1.165) is 26.2 Å². The van der Waals surface area contributed by atoms with Gasteiger partial charge in [0.05, 0.1) is 15.9 Å². The number of anilines is 1. The van der Waals surface area contributed by atoms with Gasteiger partial charge in [0, 0.05) is 37.9 Å². The van der Waals surface area contributed by atoms with Crippen LogP contribution >= 0.6 is 15.9 Å². The summed E-state index contributed by atoms with van der Waals surface area (Å²) in [5.74, 6) is -0.118. The van der Waals surface area contributed by atoms with E-state index >= 15 is 0 Å². The largest absolute Gasteiger partial charge is 0.325 e. The lowest BCUT2D eigenvalue weighted by Gasteiger charge is -2.26. The first-order valence-electron chi connectivity index (χ1n) is 6.23. The molecule has 1 heterocycles. The summed E-state index contributed by atoms with van der Waals surface area (Å²) in [5, 5.41) is 16.7. The third kappa shape index (κ3) is 3.99. The summed E-state index contributed by atoms with van der Waals surface area (Å²) in [6.07, 6.45) is 0. The van der Waals surface area contributed by atoms with Crippen LogP contribution in [-0.4, -0.2) is 48.5 Å². The van der Waals surface area contributed by atoms with Gasteiger partial charge in [-0.1, -0.05) is 0 Å². The van der Waals surface area contributed by atoms with Gasteiger partial charge < -0.3 is 10.6 Å². The fourth-order valence-corrected chi connectivity index (χ4v) is 2.53. The zero-order valence-electron chi connectivity index (χ0n) is 10.8. The second kappa shape index (κ2) is 6.78. The Morgan fingerprint density at radius 3 is 2.75 bits per heavy atom. The first-order valence-corrected chi connectivity index (χ1v) is 7.02. The van der Waals surface area contributed by atoms with Gasteiger partial charge in [-0.25, -0.2) is 0 Å². The number of piperazine rings is 1. The van der Waals surface area contributed by atoms with E-state index in [2.05, 4.69) is 31.5 Å². The first kappa shape index (κ1) is 14.9. The summed E-state index contributed by atoms with van der Waals surface area (Å²) >= 11 is 3.12. The van der Waals surface area contributed by atoms with E-state index in [9.17, 15) is 14.9 Å². The average molecular weight is 343 g/mol. The van der Waals surface area contributed by atoms with Crippen molar-refractivity contribution in [2.75, 3.05) is 38.0 Å². The lowest BCUT2D eigenvalue weighted by Crippen LogP contribution is -2.46. The number of hydrogen-bond acceptors (Lipinski definition) is 5. The second-order valence-corrected chi connectivity index (χ2v) is 5.35. The zero-order chi connectivity index (χ0) is 14.5. The summed E-state index contributed by atoms with van der Waals surface area (Å²) in [6, 6.07) is 4.43. The van der Waals surface area contributed by atoms with Crippen LogP contribution in [0.5, 0.6) is 0 Å². The van der Waals surface area contributed by atoms with Crippen molar-refractivity contribution in [2.24, 2.45) is 0 Å². The number of halogens is 1. The Morgan fingerprint density at radius 2 is 2.15 bits per heavy atom. The van der Waals surface area contributed by atoms with E-state index in [0.29, 0.717) is 16.7 Å². The molecule has 0 bridgehead atoms. The highest BCUT2D eigenvalue weighted by atomic mass is 79.9. The Morgan fingerprint density at radius 1 is 1.45 bits per heavy atom.